The van der Waals surface area contributed by atoms with Crippen molar-refractivity contribution in [1.29, 1.82) is 0 Å². The fraction of sp³-hybridized carbons (Fsp3) is 0.333. The molecule has 3 aliphatic rings. The molecule has 1 aliphatic heterocycles. The standard InChI is InChI=1S/C18H19NO2.K.H/c1-3-14-11-16(12(2)20)18(21)19(14)17-10-9-13-7-5-4-6-8-15(13)17;;/h4-10,14,16H,3,11H2,1-2H3;;. The zero-order chi connectivity index (χ0) is 15.0. The summed E-state index contributed by atoms with van der Waals surface area (Å²) in [6.45, 7) is 3.58. The maximum absolute atomic E-state index is 12.6. The molecule has 22 heavy (non-hydrogen) atoms. The molecule has 2 aliphatic carbocycles. The topological polar surface area (TPSA) is 37.4 Å². The van der Waals surface area contributed by atoms with Gasteiger partial charge in [0.05, 0.1) is 11.6 Å². The van der Waals surface area contributed by atoms with Gasteiger partial charge in [0.25, 0.3) is 0 Å². The van der Waals surface area contributed by atoms with Gasteiger partial charge in [-0.15, -0.1) is 0 Å². The second kappa shape index (κ2) is 7.36. The molecule has 0 aromatic carbocycles. The van der Waals surface area contributed by atoms with Crippen LogP contribution < -0.4 is 4.90 Å². The molecule has 2 unspecified atom stereocenters. The summed E-state index contributed by atoms with van der Waals surface area (Å²) in [5.41, 5.74) is 3.11. The molecule has 0 bridgehead atoms. The molecule has 2 atom stereocenters. The predicted octanol–water partition coefficient (Wildman–Crippen LogP) is 2.86. The minimum atomic E-state index is -0.475. The van der Waals surface area contributed by atoms with Gasteiger partial charge in [0.2, 0.25) is 5.91 Å². The number of fused-ring (bicyclic) bond motifs is 1. The molecule has 4 heteroatoms. The summed E-state index contributed by atoms with van der Waals surface area (Å²) in [5, 5.41) is 0. The van der Waals surface area contributed by atoms with Gasteiger partial charge >= 0.3 is 51.4 Å². The van der Waals surface area contributed by atoms with Crippen molar-refractivity contribution in [2.24, 2.45) is 5.92 Å². The molecule has 1 fully saturated rings. The second-order valence-electron chi connectivity index (χ2n) is 5.67. The van der Waals surface area contributed by atoms with E-state index in [0.717, 1.165) is 23.2 Å². The Hall–Kier alpha value is -0.524. The Morgan fingerprint density at radius 3 is 2.59 bits per heavy atom. The number of carbonyl (C=O) groups excluding carboxylic acids is 2. The van der Waals surface area contributed by atoms with Crippen molar-refractivity contribution in [1.82, 2.24) is 0 Å². The van der Waals surface area contributed by atoms with E-state index in [1.54, 1.807) is 0 Å². The van der Waals surface area contributed by atoms with Crippen LogP contribution >= 0.6 is 0 Å². The third-order valence-corrected chi connectivity index (χ3v) is 4.40. The van der Waals surface area contributed by atoms with Crippen LogP contribution in [-0.4, -0.2) is 69.1 Å². The van der Waals surface area contributed by atoms with Gasteiger partial charge in [-0.25, -0.2) is 0 Å². The third-order valence-electron chi connectivity index (χ3n) is 4.40. The van der Waals surface area contributed by atoms with Crippen LogP contribution in [0, 0.1) is 5.92 Å². The summed E-state index contributed by atoms with van der Waals surface area (Å²) in [4.78, 5) is 26.2. The summed E-state index contributed by atoms with van der Waals surface area (Å²) in [5.74, 6) is -0.548. The van der Waals surface area contributed by atoms with Gasteiger partial charge in [0.1, 0.15) is 5.78 Å². The maximum atomic E-state index is 12.6. The Bertz CT molecular complexity index is 670. The Labute approximate surface area is 173 Å². The van der Waals surface area contributed by atoms with Gasteiger partial charge in [-0.1, -0.05) is 43.3 Å². The SMILES string of the molecule is CCC1CC(C(C)=O)C(=O)N1c1ccc2cccccc1-2.[KH]. The number of Topliss-reactive ketones (excluding diaryl/α,β-unsaturated/α-hetero) is 1. The summed E-state index contributed by atoms with van der Waals surface area (Å²) in [6, 6.07) is 14.2. The van der Waals surface area contributed by atoms with E-state index in [9.17, 15) is 9.59 Å². The van der Waals surface area contributed by atoms with E-state index in [1.165, 1.54) is 6.92 Å². The van der Waals surface area contributed by atoms with Crippen LogP contribution in [0.5, 0.6) is 0 Å². The van der Waals surface area contributed by atoms with Crippen LogP contribution in [0.1, 0.15) is 26.7 Å². The van der Waals surface area contributed by atoms with Crippen LogP contribution in [0.25, 0.3) is 11.1 Å². The van der Waals surface area contributed by atoms with E-state index in [2.05, 4.69) is 6.92 Å². The van der Waals surface area contributed by atoms with E-state index >= 15 is 0 Å². The van der Waals surface area contributed by atoms with Gasteiger partial charge < -0.3 is 4.90 Å². The number of anilines is 1. The predicted molar refractivity (Wildman–Crippen MR) is 90.6 cm³/mol. The van der Waals surface area contributed by atoms with Gasteiger partial charge in [-0.3, -0.25) is 9.59 Å². The first kappa shape index (κ1) is 17.8. The van der Waals surface area contributed by atoms with E-state index in [4.69, 9.17) is 0 Å². The molecule has 3 rings (SSSR count). The zero-order valence-electron chi connectivity index (χ0n) is 12.4. The van der Waals surface area contributed by atoms with Crippen molar-refractivity contribution in [3.05, 3.63) is 42.5 Å². The number of ketones is 1. The Morgan fingerprint density at radius 2 is 1.91 bits per heavy atom. The molecule has 1 saturated heterocycles. The van der Waals surface area contributed by atoms with Gasteiger partial charge in [0.15, 0.2) is 0 Å². The average molecular weight is 321 g/mol. The first-order valence-corrected chi connectivity index (χ1v) is 7.44. The fourth-order valence-electron chi connectivity index (χ4n) is 3.24. The third kappa shape index (κ3) is 3.08. The van der Waals surface area contributed by atoms with E-state index in [-0.39, 0.29) is 69.1 Å². The summed E-state index contributed by atoms with van der Waals surface area (Å²) in [7, 11) is 0. The molecule has 0 radical (unpaired) electrons. The van der Waals surface area contributed by atoms with Crippen LogP contribution in [0.15, 0.2) is 42.5 Å². The molecule has 3 nitrogen and oxygen atoms in total. The summed E-state index contributed by atoms with van der Waals surface area (Å²) >= 11 is 0. The monoisotopic (exact) mass is 321 g/mol. The van der Waals surface area contributed by atoms with Crippen LogP contribution in [0.2, 0.25) is 0 Å². The van der Waals surface area contributed by atoms with Crippen molar-refractivity contribution in [2.75, 3.05) is 4.90 Å². The molecule has 0 aromatic rings. The average Bonchev–Trinajstić information content (AvgIpc) is 2.90. The van der Waals surface area contributed by atoms with E-state index in [1.807, 2.05) is 47.4 Å². The van der Waals surface area contributed by atoms with Crippen molar-refractivity contribution >= 4 is 68.8 Å². The van der Waals surface area contributed by atoms with Crippen molar-refractivity contribution in [2.45, 2.75) is 32.7 Å². The zero-order valence-corrected chi connectivity index (χ0v) is 12.4. The van der Waals surface area contributed by atoms with Crippen molar-refractivity contribution in [3.8, 4) is 11.1 Å². The Balaban J connectivity index is 0.00000176. The van der Waals surface area contributed by atoms with Crippen LogP contribution in [0.3, 0.4) is 0 Å². The Morgan fingerprint density at radius 1 is 1.18 bits per heavy atom. The summed E-state index contributed by atoms with van der Waals surface area (Å²) in [6.07, 6.45) is 1.50. The van der Waals surface area contributed by atoms with Crippen LogP contribution in [0.4, 0.5) is 5.69 Å². The van der Waals surface area contributed by atoms with Gasteiger partial charge in [-0.05, 0) is 31.4 Å². The molecular formula is C18H20KNO2. The van der Waals surface area contributed by atoms with E-state index < -0.39 is 5.92 Å². The number of nitrogens with zero attached hydrogens (tertiary/aromatic N) is 1. The number of carbonyl (C=O) groups is 2. The summed E-state index contributed by atoms with van der Waals surface area (Å²) < 4.78 is 0. The van der Waals surface area contributed by atoms with E-state index in [0.29, 0.717) is 6.42 Å². The van der Waals surface area contributed by atoms with Gasteiger partial charge in [-0.2, -0.15) is 0 Å². The first-order valence-electron chi connectivity index (χ1n) is 7.44. The molecule has 0 aromatic heterocycles. The van der Waals surface area contributed by atoms with Gasteiger partial charge in [0, 0.05) is 11.6 Å². The number of hydrogen-bond donors (Lipinski definition) is 0. The molecule has 0 spiro atoms. The molecule has 0 saturated carbocycles. The molecule has 110 valence electrons. The second-order valence-corrected chi connectivity index (χ2v) is 5.67. The molecule has 1 heterocycles. The fourth-order valence-corrected chi connectivity index (χ4v) is 3.24. The quantitative estimate of drug-likeness (QED) is 0.644. The molecule has 0 N–H and O–H groups in total. The molecular weight excluding hydrogens is 301 g/mol. The van der Waals surface area contributed by atoms with Crippen molar-refractivity contribution < 1.29 is 9.59 Å². The Kier molecular flexibility index (Phi) is 5.97. The normalized spacial score (nSPS) is 21.0. The van der Waals surface area contributed by atoms with Crippen molar-refractivity contribution in [3.63, 3.8) is 0 Å². The molecule has 1 amide bonds. The minimum absolute atomic E-state index is 0. The number of amides is 1. The first-order chi connectivity index (χ1) is 10.1. The van der Waals surface area contributed by atoms with Crippen LogP contribution in [-0.2, 0) is 9.59 Å². The number of rotatable bonds is 3. The number of hydrogen-bond acceptors (Lipinski definition) is 2.